The van der Waals surface area contributed by atoms with Crippen molar-refractivity contribution in [1.29, 1.82) is 0 Å². The number of carbonyl (C=O) groups excluding carboxylic acids is 1. The molecule has 2 atom stereocenters. The average Bonchev–Trinajstić information content (AvgIpc) is 2.42. The zero-order valence-electron chi connectivity index (χ0n) is 13.4. The molecule has 116 valence electrons. The van der Waals surface area contributed by atoms with Crippen LogP contribution in [0.2, 0.25) is 0 Å². The first-order valence-corrected chi connectivity index (χ1v) is 7.99. The minimum absolute atomic E-state index is 0.0703. The van der Waals surface area contributed by atoms with Crippen molar-refractivity contribution < 1.29 is 4.79 Å². The van der Waals surface area contributed by atoms with Gasteiger partial charge in [-0.05, 0) is 50.3 Å². The van der Waals surface area contributed by atoms with Crippen molar-refractivity contribution >= 4 is 5.91 Å². The molecule has 0 bridgehead atoms. The van der Waals surface area contributed by atoms with Crippen LogP contribution in [-0.2, 0) is 0 Å². The van der Waals surface area contributed by atoms with Crippen LogP contribution >= 0.6 is 0 Å². The quantitative estimate of drug-likeness (QED) is 0.847. The molecule has 0 saturated carbocycles. The predicted molar refractivity (Wildman–Crippen MR) is 85.3 cm³/mol. The highest BCUT2D eigenvalue weighted by atomic mass is 16.1. The van der Waals surface area contributed by atoms with Crippen LogP contribution in [0, 0.1) is 18.8 Å². The highest BCUT2D eigenvalue weighted by molar-refractivity contribution is 5.92. The maximum Gasteiger partial charge on any atom is 0.269 e. The zero-order valence-corrected chi connectivity index (χ0v) is 13.4. The van der Waals surface area contributed by atoms with E-state index in [1.807, 2.05) is 19.1 Å². The number of amides is 1. The van der Waals surface area contributed by atoms with E-state index >= 15 is 0 Å². The van der Waals surface area contributed by atoms with Gasteiger partial charge >= 0.3 is 0 Å². The maximum absolute atomic E-state index is 12.0. The molecular weight excluding hydrogens is 262 g/mol. The van der Waals surface area contributed by atoms with Crippen LogP contribution in [0.25, 0.3) is 0 Å². The summed E-state index contributed by atoms with van der Waals surface area (Å²) in [6.07, 6.45) is 2.34. The van der Waals surface area contributed by atoms with Crippen LogP contribution < -0.4 is 5.32 Å². The summed E-state index contributed by atoms with van der Waals surface area (Å²) in [5, 5.41) is 2.96. The molecule has 1 aliphatic rings. The average molecular weight is 289 g/mol. The van der Waals surface area contributed by atoms with Gasteiger partial charge in [0.25, 0.3) is 5.91 Å². The summed E-state index contributed by atoms with van der Waals surface area (Å²) in [5.74, 6) is 1.51. The molecule has 1 aliphatic heterocycles. The number of rotatable bonds is 5. The Kier molecular flexibility index (Phi) is 5.74. The van der Waals surface area contributed by atoms with Gasteiger partial charge in [0, 0.05) is 25.3 Å². The summed E-state index contributed by atoms with van der Waals surface area (Å²) in [5.41, 5.74) is 1.38. The number of aryl methyl sites for hydroxylation is 1. The van der Waals surface area contributed by atoms with Gasteiger partial charge in [-0.15, -0.1) is 0 Å². The van der Waals surface area contributed by atoms with E-state index in [-0.39, 0.29) is 5.91 Å². The minimum Gasteiger partial charge on any atom is -0.351 e. The summed E-state index contributed by atoms with van der Waals surface area (Å²) in [6.45, 7) is 10.7. The molecule has 1 N–H and O–H groups in total. The topological polar surface area (TPSA) is 45.2 Å². The first-order chi connectivity index (χ1) is 10.0. The van der Waals surface area contributed by atoms with Crippen molar-refractivity contribution in [2.75, 3.05) is 26.2 Å². The number of hydrogen-bond acceptors (Lipinski definition) is 3. The van der Waals surface area contributed by atoms with Crippen LogP contribution in [-0.4, -0.2) is 42.0 Å². The number of aromatic nitrogens is 1. The van der Waals surface area contributed by atoms with E-state index in [0.717, 1.165) is 30.5 Å². The number of nitrogens with zero attached hydrogens (tertiary/aromatic N) is 2. The van der Waals surface area contributed by atoms with Gasteiger partial charge in [0.2, 0.25) is 0 Å². The molecule has 4 heteroatoms. The van der Waals surface area contributed by atoms with E-state index in [1.54, 1.807) is 6.07 Å². The number of carbonyl (C=O) groups is 1. The van der Waals surface area contributed by atoms with Crippen LogP contribution in [0.5, 0.6) is 0 Å². The first-order valence-electron chi connectivity index (χ1n) is 7.99. The van der Waals surface area contributed by atoms with Crippen molar-refractivity contribution in [3.05, 3.63) is 29.6 Å². The van der Waals surface area contributed by atoms with E-state index in [9.17, 15) is 4.79 Å². The fourth-order valence-electron chi connectivity index (χ4n) is 3.24. The number of piperidine rings is 1. The van der Waals surface area contributed by atoms with Crippen molar-refractivity contribution in [2.24, 2.45) is 11.8 Å². The van der Waals surface area contributed by atoms with Gasteiger partial charge in [0.05, 0.1) is 0 Å². The minimum atomic E-state index is -0.0703. The van der Waals surface area contributed by atoms with Crippen molar-refractivity contribution in [3.8, 4) is 0 Å². The van der Waals surface area contributed by atoms with Gasteiger partial charge in [-0.3, -0.25) is 4.79 Å². The van der Waals surface area contributed by atoms with Crippen LogP contribution in [0.15, 0.2) is 18.2 Å². The summed E-state index contributed by atoms with van der Waals surface area (Å²) in [7, 11) is 0. The standard InChI is InChI=1S/C17H27N3O/c1-13-10-14(2)12-20(11-13)9-5-8-18-17(21)16-7-4-6-15(3)19-16/h4,6-7,13-14H,5,8-12H2,1-3H3,(H,18,21)/t13-,14+. The molecule has 0 unspecified atom stereocenters. The molecule has 2 rings (SSSR count). The third-order valence-electron chi connectivity index (χ3n) is 4.00. The lowest BCUT2D eigenvalue weighted by Gasteiger charge is -2.34. The van der Waals surface area contributed by atoms with Gasteiger partial charge in [-0.25, -0.2) is 4.98 Å². The Hall–Kier alpha value is -1.42. The maximum atomic E-state index is 12.0. The van der Waals surface area contributed by atoms with Gasteiger partial charge in [0.1, 0.15) is 5.69 Å². The van der Waals surface area contributed by atoms with Gasteiger partial charge in [-0.2, -0.15) is 0 Å². The van der Waals surface area contributed by atoms with Crippen molar-refractivity contribution in [1.82, 2.24) is 15.2 Å². The smallest absolute Gasteiger partial charge is 0.269 e. The molecule has 1 aromatic heterocycles. The Bertz CT molecular complexity index is 465. The monoisotopic (exact) mass is 289 g/mol. The molecule has 2 heterocycles. The Morgan fingerprint density at radius 2 is 2.05 bits per heavy atom. The fraction of sp³-hybridized carbons (Fsp3) is 0.647. The third-order valence-corrected chi connectivity index (χ3v) is 4.00. The van der Waals surface area contributed by atoms with Crippen LogP contribution in [0.3, 0.4) is 0 Å². The van der Waals surface area contributed by atoms with Crippen molar-refractivity contribution in [3.63, 3.8) is 0 Å². The summed E-state index contributed by atoms with van der Waals surface area (Å²) < 4.78 is 0. The Morgan fingerprint density at radius 1 is 1.33 bits per heavy atom. The lowest BCUT2D eigenvalue weighted by molar-refractivity contribution is 0.0942. The van der Waals surface area contributed by atoms with E-state index in [0.29, 0.717) is 12.2 Å². The van der Waals surface area contributed by atoms with Gasteiger partial charge in [0.15, 0.2) is 0 Å². The molecule has 0 spiro atoms. The SMILES string of the molecule is Cc1cccc(C(=O)NCCCN2C[C@H](C)C[C@H](C)C2)n1. The van der Waals surface area contributed by atoms with Crippen molar-refractivity contribution in [2.45, 2.75) is 33.6 Å². The third kappa shape index (κ3) is 5.12. The molecule has 0 aromatic carbocycles. The summed E-state index contributed by atoms with van der Waals surface area (Å²) in [6, 6.07) is 5.53. The predicted octanol–water partition coefficient (Wildman–Crippen LogP) is 2.49. The van der Waals surface area contributed by atoms with Gasteiger partial charge < -0.3 is 10.2 Å². The highest BCUT2D eigenvalue weighted by Crippen LogP contribution is 2.20. The van der Waals surface area contributed by atoms with Gasteiger partial charge in [-0.1, -0.05) is 19.9 Å². The second-order valence-corrected chi connectivity index (χ2v) is 6.48. The molecular formula is C17H27N3O. The van der Waals surface area contributed by atoms with E-state index in [1.165, 1.54) is 19.5 Å². The second kappa shape index (κ2) is 7.55. The van der Waals surface area contributed by atoms with Crippen LogP contribution in [0.1, 0.15) is 42.9 Å². The Labute approximate surface area is 127 Å². The Morgan fingerprint density at radius 3 is 2.71 bits per heavy atom. The van der Waals surface area contributed by atoms with E-state index in [4.69, 9.17) is 0 Å². The molecule has 1 amide bonds. The molecule has 21 heavy (non-hydrogen) atoms. The zero-order chi connectivity index (χ0) is 15.2. The molecule has 0 aliphatic carbocycles. The molecule has 1 aromatic rings. The largest absolute Gasteiger partial charge is 0.351 e. The Balaban J connectivity index is 1.69. The number of hydrogen-bond donors (Lipinski definition) is 1. The normalized spacial score (nSPS) is 23.0. The molecule has 0 radical (unpaired) electrons. The lowest BCUT2D eigenvalue weighted by atomic mass is 9.92. The van der Waals surface area contributed by atoms with Crippen LogP contribution in [0.4, 0.5) is 0 Å². The molecule has 1 fully saturated rings. The second-order valence-electron chi connectivity index (χ2n) is 6.48. The first kappa shape index (κ1) is 16.0. The number of pyridine rings is 1. The highest BCUT2D eigenvalue weighted by Gasteiger charge is 2.21. The van der Waals surface area contributed by atoms with E-state index < -0.39 is 0 Å². The summed E-state index contributed by atoms with van der Waals surface area (Å²) >= 11 is 0. The number of nitrogens with one attached hydrogen (secondary N) is 1. The summed E-state index contributed by atoms with van der Waals surface area (Å²) in [4.78, 5) is 18.7. The fourth-order valence-corrected chi connectivity index (χ4v) is 3.24. The molecule has 1 saturated heterocycles. The molecule has 4 nitrogen and oxygen atoms in total. The van der Waals surface area contributed by atoms with E-state index in [2.05, 4.69) is 29.0 Å². The lowest BCUT2D eigenvalue weighted by Crippen LogP contribution is -2.40. The number of likely N-dealkylation sites (tertiary alicyclic amines) is 1.